The Morgan fingerprint density at radius 1 is 1.53 bits per heavy atom. The van der Waals surface area contributed by atoms with Gasteiger partial charge in [-0.15, -0.1) is 0 Å². The molecule has 3 heteroatoms. The Bertz CT molecular complexity index is 244. The molecule has 0 radical (unpaired) electrons. The Labute approximate surface area is 90.9 Å². The fourth-order valence-electron chi connectivity index (χ4n) is 2.50. The van der Waals surface area contributed by atoms with Gasteiger partial charge in [-0.1, -0.05) is 0 Å². The third-order valence-corrected chi connectivity index (χ3v) is 3.63. The molecule has 2 unspecified atom stereocenters. The van der Waals surface area contributed by atoms with Gasteiger partial charge in [-0.2, -0.15) is 0 Å². The minimum absolute atomic E-state index is 0.110. The van der Waals surface area contributed by atoms with Crippen molar-refractivity contribution in [3.8, 4) is 0 Å². The summed E-state index contributed by atoms with van der Waals surface area (Å²) in [5, 5.41) is 3.27. The van der Waals surface area contributed by atoms with E-state index in [2.05, 4.69) is 5.32 Å². The number of ether oxygens (including phenoxy) is 1. The van der Waals surface area contributed by atoms with Crippen molar-refractivity contribution in [3.05, 3.63) is 11.8 Å². The van der Waals surface area contributed by atoms with Gasteiger partial charge in [0.25, 0.3) is 0 Å². The van der Waals surface area contributed by atoms with Gasteiger partial charge >= 0.3 is 0 Å². The first kappa shape index (κ1) is 10.9. The fourth-order valence-corrected chi connectivity index (χ4v) is 2.50. The fraction of sp³-hybridized carbons (Fsp3) is 0.833. The summed E-state index contributed by atoms with van der Waals surface area (Å²) in [5.41, 5.74) is -0.337. The first-order valence-corrected chi connectivity index (χ1v) is 5.92. The maximum atomic E-state index is 14.7. The minimum Gasteiger partial charge on any atom is -0.501 e. The molecule has 15 heavy (non-hydrogen) atoms. The number of allylic oxidation sites excluding steroid dienone is 1. The second kappa shape index (κ2) is 4.52. The maximum Gasteiger partial charge on any atom is 0.136 e. The number of rotatable bonds is 2. The highest BCUT2D eigenvalue weighted by atomic mass is 19.1. The van der Waals surface area contributed by atoms with Crippen LogP contribution in [0.25, 0.3) is 0 Å². The summed E-state index contributed by atoms with van der Waals surface area (Å²) in [6, 6.07) is 0. The van der Waals surface area contributed by atoms with Gasteiger partial charge < -0.3 is 10.1 Å². The van der Waals surface area contributed by atoms with E-state index in [0.717, 1.165) is 51.0 Å². The molecular formula is C12H20FNO. The Balaban J connectivity index is 2.06. The summed E-state index contributed by atoms with van der Waals surface area (Å²) < 4.78 is 19.9. The lowest BCUT2D eigenvalue weighted by Crippen LogP contribution is -2.43. The van der Waals surface area contributed by atoms with Crippen molar-refractivity contribution < 1.29 is 9.13 Å². The molecule has 2 atom stereocenters. The minimum atomic E-state index is -1.19. The SMILES string of the molecule is CC(F)(C1=COCCC1)C1CCCNC1. The van der Waals surface area contributed by atoms with Crippen LogP contribution in [0.4, 0.5) is 4.39 Å². The number of hydrogen-bond donors (Lipinski definition) is 1. The van der Waals surface area contributed by atoms with Crippen LogP contribution >= 0.6 is 0 Å². The highest BCUT2D eigenvalue weighted by molar-refractivity contribution is 5.17. The topological polar surface area (TPSA) is 21.3 Å². The molecule has 1 saturated heterocycles. The lowest BCUT2D eigenvalue weighted by Gasteiger charge is -2.36. The molecule has 2 nitrogen and oxygen atoms in total. The van der Waals surface area contributed by atoms with E-state index in [1.165, 1.54) is 0 Å². The summed E-state index contributed by atoms with van der Waals surface area (Å²) in [4.78, 5) is 0. The van der Waals surface area contributed by atoms with Crippen LogP contribution in [0.2, 0.25) is 0 Å². The molecule has 0 spiro atoms. The second-order valence-electron chi connectivity index (χ2n) is 4.74. The van der Waals surface area contributed by atoms with E-state index < -0.39 is 5.67 Å². The third-order valence-electron chi connectivity index (χ3n) is 3.63. The zero-order valence-corrected chi connectivity index (χ0v) is 9.39. The van der Waals surface area contributed by atoms with Crippen LogP contribution in [0.1, 0.15) is 32.6 Å². The van der Waals surface area contributed by atoms with Crippen molar-refractivity contribution in [1.29, 1.82) is 0 Å². The number of piperidine rings is 1. The van der Waals surface area contributed by atoms with Crippen LogP contribution in [0.5, 0.6) is 0 Å². The molecule has 2 rings (SSSR count). The van der Waals surface area contributed by atoms with E-state index in [1.54, 1.807) is 13.2 Å². The largest absolute Gasteiger partial charge is 0.501 e. The molecule has 1 fully saturated rings. The predicted octanol–water partition coefficient (Wildman–Crippen LogP) is 2.41. The first-order valence-electron chi connectivity index (χ1n) is 5.92. The first-order chi connectivity index (χ1) is 7.21. The Kier molecular flexibility index (Phi) is 3.29. The number of nitrogens with one attached hydrogen (secondary N) is 1. The van der Waals surface area contributed by atoms with Crippen LogP contribution in [-0.2, 0) is 4.74 Å². The van der Waals surface area contributed by atoms with Gasteiger partial charge in [-0.3, -0.25) is 0 Å². The third kappa shape index (κ3) is 2.33. The standard InChI is InChI=1S/C12H20FNO/c1-12(13,10-4-2-6-14-8-10)11-5-3-7-15-9-11/h9-10,14H,2-8H2,1H3. The smallest absolute Gasteiger partial charge is 0.136 e. The van der Waals surface area contributed by atoms with Crippen molar-refractivity contribution >= 4 is 0 Å². The van der Waals surface area contributed by atoms with Crippen molar-refractivity contribution in [1.82, 2.24) is 5.32 Å². The predicted molar refractivity (Wildman–Crippen MR) is 58.4 cm³/mol. The average Bonchev–Trinajstić information content (AvgIpc) is 2.31. The molecule has 0 aromatic heterocycles. The Morgan fingerprint density at radius 3 is 3.00 bits per heavy atom. The summed E-state index contributed by atoms with van der Waals surface area (Å²) >= 11 is 0. The second-order valence-corrected chi connectivity index (χ2v) is 4.74. The van der Waals surface area contributed by atoms with Gasteiger partial charge in [0, 0.05) is 18.0 Å². The quantitative estimate of drug-likeness (QED) is 0.760. The van der Waals surface area contributed by atoms with Crippen LogP contribution in [0, 0.1) is 5.92 Å². The maximum absolute atomic E-state index is 14.7. The molecule has 2 aliphatic rings. The Hall–Kier alpha value is -0.570. The molecule has 0 aromatic rings. The number of halogens is 1. The zero-order valence-electron chi connectivity index (χ0n) is 9.39. The van der Waals surface area contributed by atoms with Crippen LogP contribution in [0.3, 0.4) is 0 Å². The lowest BCUT2D eigenvalue weighted by atomic mass is 9.78. The molecule has 0 bridgehead atoms. The zero-order chi connectivity index (χ0) is 10.7. The molecule has 2 aliphatic heterocycles. The molecular weight excluding hydrogens is 193 g/mol. The van der Waals surface area contributed by atoms with E-state index in [0.29, 0.717) is 0 Å². The summed E-state index contributed by atoms with van der Waals surface area (Å²) in [6.45, 7) is 4.28. The average molecular weight is 213 g/mol. The van der Waals surface area contributed by atoms with Gasteiger partial charge in [-0.25, -0.2) is 4.39 Å². The normalized spacial score (nSPS) is 31.3. The van der Waals surface area contributed by atoms with Gasteiger partial charge in [0.15, 0.2) is 0 Å². The van der Waals surface area contributed by atoms with Gasteiger partial charge in [0.1, 0.15) is 5.67 Å². The van der Waals surface area contributed by atoms with Gasteiger partial charge in [-0.05, 0) is 39.2 Å². The summed E-state index contributed by atoms with van der Waals surface area (Å²) in [7, 11) is 0. The molecule has 0 amide bonds. The molecule has 2 heterocycles. The van der Waals surface area contributed by atoms with Gasteiger partial charge in [0.05, 0.1) is 12.9 Å². The molecule has 0 aliphatic carbocycles. The molecule has 86 valence electrons. The number of hydrogen-bond acceptors (Lipinski definition) is 2. The molecule has 0 saturated carbocycles. The van der Waals surface area contributed by atoms with Crippen molar-refractivity contribution in [3.63, 3.8) is 0 Å². The highest BCUT2D eigenvalue weighted by Crippen LogP contribution is 2.37. The van der Waals surface area contributed by atoms with E-state index in [1.807, 2.05) is 0 Å². The summed E-state index contributed by atoms with van der Waals surface area (Å²) in [5.74, 6) is 0.110. The van der Waals surface area contributed by atoms with Crippen LogP contribution in [0.15, 0.2) is 11.8 Å². The van der Waals surface area contributed by atoms with Crippen LogP contribution in [-0.4, -0.2) is 25.4 Å². The molecule has 0 aromatic carbocycles. The van der Waals surface area contributed by atoms with Crippen LogP contribution < -0.4 is 5.32 Å². The van der Waals surface area contributed by atoms with Crippen molar-refractivity contribution in [2.75, 3.05) is 19.7 Å². The van der Waals surface area contributed by atoms with Crippen molar-refractivity contribution in [2.24, 2.45) is 5.92 Å². The van der Waals surface area contributed by atoms with E-state index in [4.69, 9.17) is 4.74 Å². The number of alkyl halides is 1. The highest BCUT2D eigenvalue weighted by Gasteiger charge is 2.39. The molecule has 1 N–H and O–H groups in total. The van der Waals surface area contributed by atoms with Crippen molar-refractivity contribution in [2.45, 2.75) is 38.3 Å². The Morgan fingerprint density at radius 2 is 2.40 bits per heavy atom. The van der Waals surface area contributed by atoms with E-state index in [9.17, 15) is 4.39 Å². The lowest BCUT2D eigenvalue weighted by molar-refractivity contribution is 0.1000. The van der Waals surface area contributed by atoms with E-state index in [-0.39, 0.29) is 5.92 Å². The van der Waals surface area contributed by atoms with Gasteiger partial charge in [0.2, 0.25) is 0 Å². The van der Waals surface area contributed by atoms with E-state index >= 15 is 0 Å². The monoisotopic (exact) mass is 213 g/mol. The summed E-state index contributed by atoms with van der Waals surface area (Å²) in [6.07, 6.45) is 5.52.